The Kier molecular flexibility index (Phi) is 2.10. The summed E-state index contributed by atoms with van der Waals surface area (Å²) in [5.41, 5.74) is 0. The maximum Gasteiger partial charge on any atom is 0.0933 e. The molecule has 0 aromatic carbocycles. The van der Waals surface area contributed by atoms with Crippen molar-refractivity contribution in [1.29, 1.82) is 0 Å². The van der Waals surface area contributed by atoms with Crippen LogP contribution in [0.5, 0.6) is 0 Å². The van der Waals surface area contributed by atoms with Crippen molar-refractivity contribution in [1.82, 2.24) is 0 Å². The molecule has 0 aromatic heterocycles. The highest BCUT2D eigenvalue weighted by Crippen LogP contribution is 2.11. The molecule has 0 aliphatic carbocycles. The molecule has 0 bridgehead atoms. The number of rotatable bonds is 0. The van der Waals surface area contributed by atoms with Crippen molar-refractivity contribution in [3.63, 3.8) is 0 Å². The second-order valence-corrected chi connectivity index (χ2v) is 2.11. The molecule has 50 valence electrons. The van der Waals surface area contributed by atoms with Gasteiger partial charge in [0.25, 0.3) is 0 Å². The Morgan fingerprint density at radius 1 is 1.56 bits per heavy atom. The zero-order chi connectivity index (χ0) is 6.69. The van der Waals surface area contributed by atoms with Crippen molar-refractivity contribution in [3.05, 3.63) is 0 Å². The third-order valence-electron chi connectivity index (χ3n) is 1.38. The van der Waals surface area contributed by atoms with Gasteiger partial charge < -0.3 is 9.84 Å². The van der Waals surface area contributed by atoms with Gasteiger partial charge in [-0.1, -0.05) is 5.92 Å². The van der Waals surface area contributed by atoms with Gasteiger partial charge in [0.15, 0.2) is 0 Å². The van der Waals surface area contributed by atoms with Crippen LogP contribution < -0.4 is 0 Å². The van der Waals surface area contributed by atoms with Crippen LogP contribution >= 0.6 is 0 Å². The van der Waals surface area contributed by atoms with Gasteiger partial charge in [-0.25, -0.2) is 0 Å². The van der Waals surface area contributed by atoms with Gasteiger partial charge in [-0.15, -0.1) is 5.92 Å². The van der Waals surface area contributed by atoms with Crippen LogP contribution in [-0.2, 0) is 4.74 Å². The molecular formula is C7H10O2. The van der Waals surface area contributed by atoms with Crippen molar-refractivity contribution in [2.45, 2.75) is 13.0 Å². The van der Waals surface area contributed by atoms with Crippen LogP contribution in [0.15, 0.2) is 0 Å². The molecule has 1 fully saturated rings. The first-order valence-electron chi connectivity index (χ1n) is 3.02. The molecule has 1 rings (SSSR count). The Balaban J connectivity index is 2.46. The third-order valence-corrected chi connectivity index (χ3v) is 1.38. The first kappa shape index (κ1) is 6.60. The monoisotopic (exact) mass is 126 g/mol. The average molecular weight is 126 g/mol. The highest BCUT2D eigenvalue weighted by Gasteiger charge is 2.23. The normalized spacial score (nSPS) is 33.6. The molecule has 1 aliphatic heterocycles. The standard InChI is InChI=1S/C7H10O2/c1-2-3-6-4-9-5-7(6)8/h6-8H,4-5H2,1H3. The Morgan fingerprint density at radius 3 is 2.78 bits per heavy atom. The molecule has 0 radical (unpaired) electrons. The smallest absolute Gasteiger partial charge is 0.0933 e. The number of aliphatic hydroxyl groups excluding tert-OH is 1. The Morgan fingerprint density at radius 2 is 2.33 bits per heavy atom. The number of hydrogen-bond donors (Lipinski definition) is 1. The van der Waals surface area contributed by atoms with Crippen molar-refractivity contribution in [2.24, 2.45) is 5.92 Å². The van der Waals surface area contributed by atoms with E-state index in [9.17, 15) is 0 Å². The SMILES string of the molecule is CC#CC1COCC1O. The summed E-state index contributed by atoms with van der Waals surface area (Å²) < 4.78 is 4.97. The zero-order valence-electron chi connectivity index (χ0n) is 5.42. The second kappa shape index (κ2) is 2.86. The van der Waals surface area contributed by atoms with Crippen LogP contribution in [0.25, 0.3) is 0 Å². The van der Waals surface area contributed by atoms with Gasteiger partial charge in [0.05, 0.1) is 25.2 Å². The molecule has 1 heterocycles. The van der Waals surface area contributed by atoms with Crippen molar-refractivity contribution < 1.29 is 9.84 Å². The highest BCUT2D eigenvalue weighted by molar-refractivity contribution is 5.05. The Hall–Kier alpha value is -0.520. The van der Waals surface area contributed by atoms with Crippen molar-refractivity contribution >= 4 is 0 Å². The summed E-state index contributed by atoms with van der Waals surface area (Å²) in [6.07, 6.45) is -0.363. The van der Waals surface area contributed by atoms with E-state index in [0.29, 0.717) is 13.2 Å². The first-order valence-corrected chi connectivity index (χ1v) is 3.02. The lowest BCUT2D eigenvalue weighted by molar-refractivity contribution is 0.123. The number of aliphatic hydroxyl groups is 1. The van der Waals surface area contributed by atoms with E-state index in [4.69, 9.17) is 9.84 Å². The minimum Gasteiger partial charge on any atom is -0.389 e. The van der Waals surface area contributed by atoms with Gasteiger partial charge >= 0.3 is 0 Å². The zero-order valence-corrected chi connectivity index (χ0v) is 5.42. The maximum atomic E-state index is 9.09. The quantitative estimate of drug-likeness (QED) is 0.463. The molecule has 1 aliphatic rings. The van der Waals surface area contributed by atoms with E-state index in [0.717, 1.165) is 0 Å². The molecule has 2 atom stereocenters. The van der Waals surface area contributed by atoms with Gasteiger partial charge in [-0.3, -0.25) is 0 Å². The molecule has 1 N–H and O–H groups in total. The van der Waals surface area contributed by atoms with Crippen LogP contribution in [0.4, 0.5) is 0 Å². The third kappa shape index (κ3) is 1.44. The molecule has 0 aromatic rings. The van der Waals surface area contributed by atoms with Crippen molar-refractivity contribution in [3.8, 4) is 11.8 Å². The van der Waals surface area contributed by atoms with Crippen molar-refractivity contribution in [2.75, 3.05) is 13.2 Å². The van der Waals surface area contributed by atoms with E-state index in [1.807, 2.05) is 0 Å². The van der Waals surface area contributed by atoms with E-state index in [1.165, 1.54) is 0 Å². The Labute approximate surface area is 54.8 Å². The molecular weight excluding hydrogens is 116 g/mol. The van der Waals surface area contributed by atoms with Gasteiger partial charge in [-0.05, 0) is 6.92 Å². The topological polar surface area (TPSA) is 29.5 Å². The van der Waals surface area contributed by atoms with Gasteiger partial charge in [0, 0.05) is 0 Å². The van der Waals surface area contributed by atoms with Gasteiger partial charge in [0.1, 0.15) is 0 Å². The summed E-state index contributed by atoms with van der Waals surface area (Å²) in [5.74, 6) is 5.67. The van der Waals surface area contributed by atoms with Crippen LogP contribution in [0.2, 0.25) is 0 Å². The summed E-state index contributed by atoms with van der Waals surface area (Å²) in [5, 5.41) is 9.09. The van der Waals surface area contributed by atoms with Crippen LogP contribution in [-0.4, -0.2) is 24.4 Å². The predicted molar refractivity (Wildman–Crippen MR) is 33.8 cm³/mol. The van der Waals surface area contributed by atoms with Gasteiger partial charge in [-0.2, -0.15) is 0 Å². The molecule has 2 nitrogen and oxygen atoms in total. The van der Waals surface area contributed by atoms with E-state index in [2.05, 4.69) is 11.8 Å². The minimum atomic E-state index is -0.363. The molecule has 1 saturated heterocycles. The van der Waals surface area contributed by atoms with Crippen LogP contribution in [0, 0.1) is 17.8 Å². The first-order chi connectivity index (χ1) is 4.34. The Bertz CT molecular complexity index is 143. The molecule has 9 heavy (non-hydrogen) atoms. The average Bonchev–Trinajstić information content (AvgIpc) is 2.18. The van der Waals surface area contributed by atoms with E-state index >= 15 is 0 Å². The van der Waals surface area contributed by atoms with Crippen LogP contribution in [0.1, 0.15) is 6.92 Å². The molecule has 2 heteroatoms. The predicted octanol–water partition coefficient (Wildman–Crippen LogP) is 0.0170. The molecule has 0 amide bonds. The number of ether oxygens (including phenoxy) is 1. The maximum absolute atomic E-state index is 9.09. The molecule has 0 saturated carbocycles. The highest BCUT2D eigenvalue weighted by atomic mass is 16.5. The van der Waals surface area contributed by atoms with Crippen LogP contribution in [0.3, 0.4) is 0 Å². The van der Waals surface area contributed by atoms with Gasteiger partial charge in [0.2, 0.25) is 0 Å². The van der Waals surface area contributed by atoms with E-state index in [-0.39, 0.29) is 12.0 Å². The summed E-state index contributed by atoms with van der Waals surface area (Å²) in [6.45, 7) is 2.80. The summed E-state index contributed by atoms with van der Waals surface area (Å²) in [7, 11) is 0. The largest absolute Gasteiger partial charge is 0.389 e. The summed E-state index contributed by atoms with van der Waals surface area (Å²) in [4.78, 5) is 0. The van der Waals surface area contributed by atoms with E-state index < -0.39 is 0 Å². The summed E-state index contributed by atoms with van der Waals surface area (Å²) in [6, 6.07) is 0. The fraction of sp³-hybridized carbons (Fsp3) is 0.714. The molecule has 2 unspecified atom stereocenters. The minimum absolute atomic E-state index is 0.0509. The lowest BCUT2D eigenvalue weighted by atomic mass is 10.1. The fourth-order valence-electron chi connectivity index (χ4n) is 0.866. The fourth-order valence-corrected chi connectivity index (χ4v) is 0.866. The molecule has 0 spiro atoms. The summed E-state index contributed by atoms with van der Waals surface area (Å²) >= 11 is 0. The lowest BCUT2D eigenvalue weighted by Crippen LogP contribution is -2.15. The number of hydrogen-bond acceptors (Lipinski definition) is 2. The second-order valence-electron chi connectivity index (χ2n) is 2.11. The van der Waals surface area contributed by atoms with E-state index in [1.54, 1.807) is 6.92 Å². The lowest BCUT2D eigenvalue weighted by Gasteiger charge is -2.01.